The van der Waals surface area contributed by atoms with E-state index in [0.29, 0.717) is 5.82 Å². The van der Waals surface area contributed by atoms with Crippen LogP contribution in [-0.2, 0) is 0 Å². The quantitative estimate of drug-likeness (QED) is 0.831. The molecule has 0 aliphatic carbocycles. The second-order valence-corrected chi connectivity index (χ2v) is 3.94. The molecule has 3 heteroatoms. The Morgan fingerprint density at radius 1 is 1.12 bits per heavy atom. The molecule has 82 valence electrons. The number of nitrogens with two attached hydrogens (primary N) is 1. The summed E-state index contributed by atoms with van der Waals surface area (Å²) in [6, 6.07) is 7.77. The van der Waals surface area contributed by atoms with Crippen molar-refractivity contribution in [3.05, 3.63) is 59.2 Å². The summed E-state index contributed by atoms with van der Waals surface area (Å²) in [5, 5.41) is 0. The zero-order chi connectivity index (χ0) is 11.5. The molecule has 1 unspecified atom stereocenters. The third-order valence-electron chi connectivity index (χ3n) is 2.62. The van der Waals surface area contributed by atoms with E-state index < -0.39 is 0 Å². The molecule has 1 aromatic heterocycles. The summed E-state index contributed by atoms with van der Waals surface area (Å²) in [4.78, 5) is 8.36. The van der Waals surface area contributed by atoms with E-state index in [9.17, 15) is 0 Å². The van der Waals surface area contributed by atoms with E-state index in [0.717, 1.165) is 5.56 Å². The van der Waals surface area contributed by atoms with Gasteiger partial charge >= 0.3 is 0 Å². The second-order valence-electron chi connectivity index (χ2n) is 3.94. The van der Waals surface area contributed by atoms with E-state index in [2.05, 4.69) is 35.9 Å². The Morgan fingerprint density at radius 2 is 1.81 bits per heavy atom. The molecule has 2 N–H and O–H groups in total. The maximum Gasteiger partial charge on any atom is 0.149 e. The van der Waals surface area contributed by atoms with Crippen LogP contribution in [0.3, 0.4) is 0 Å². The zero-order valence-electron chi connectivity index (χ0n) is 9.51. The molecule has 0 spiro atoms. The van der Waals surface area contributed by atoms with E-state index >= 15 is 0 Å². The van der Waals surface area contributed by atoms with Crippen molar-refractivity contribution in [1.82, 2.24) is 9.97 Å². The molecule has 2 aromatic rings. The summed E-state index contributed by atoms with van der Waals surface area (Å²) in [6.07, 6.45) is 3.43. The number of hydrogen-bond donors (Lipinski definition) is 1. The van der Waals surface area contributed by atoms with Crippen LogP contribution in [-0.4, -0.2) is 9.97 Å². The Morgan fingerprint density at radius 3 is 2.44 bits per heavy atom. The molecule has 0 fully saturated rings. The van der Waals surface area contributed by atoms with Gasteiger partial charge in [-0.3, -0.25) is 0 Å². The number of aromatic nitrogens is 2. The summed E-state index contributed by atoms with van der Waals surface area (Å²) in [5.41, 5.74) is 9.64. The first kappa shape index (κ1) is 10.8. The average Bonchev–Trinajstić information content (AvgIpc) is 2.29. The fourth-order valence-electron chi connectivity index (χ4n) is 1.78. The highest BCUT2D eigenvalue weighted by Gasteiger charge is 2.13. The van der Waals surface area contributed by atoms with Gasteiger partial charge in [0.15, 0.2) is 0 Å². The Labute approximate surface area is 95.4 Å². The molecule has 2 rings (SSSR count). The van der Waals surface area contributed by atoms with Crippen LogP contribution < -0.4 is 5.73 Å². The van der Waals surface area contributed by atoms with Gasteiger partial charge < -0.3 is 5.73 Å². The lowest BCUT2D eigenvalue weighted by Gasteiger charge is -2.13. The van der Waals surface area contributed by atoms with Gasteiger partial charge in [0, 0.05) is 12.4 Å². The molecular weight excluding hydrogens is 198 g/mol. The Hall–Kier alpha value is -1.74. The van der Waals surface area contributed by atoms with Crippen LogP contribution in [0.15, 0.2) is 36.7 Å². The fourth-order valence-corrected chi connectivity index (χ4v) is 1.78. The van der Waals surface area contributed by atoms with Gasteiger partial charge in [0.05, 0.1) is 6.04 Å². The first-order valence-corrected chi connectivity index (χ1v) is 5.28. The van der Waals surface area contributed by atoms with Crippen molar-refractivity contribution in [2.45, 2.75) is 19.9 Å². The molecule has 3 nitrogen and oxygen atoms in total. The molecule has 0 bridgehead atoms. The SMILES string of the molecule is Cc1ccc(C(N)c2ncccn2)c(C)c1. The van der Waals surface area contributed by atoms with Gasteiger partial charge in [-0.2, -0.15) is 0 Å². The molecule has 1 aromatic carbocycles. The van der Waals surface area contributed by atoms with E-state index in [4.69, 9.17) is 5.73 Å². The third-order valence-corrected chi connectivity index (χ3v) is 2.62. The second kappa shape index (κ2) is 4.41. The van der Waals surface area contributed by atoms with Crippen molar-refractivity contribution in [1.29, 1.82) is 0 Å². The van der Waals surface area contributed by atoms with Gasteiger partial charge in [-0.15, -0.1) is 0 Å². The predicted molar refractivity (Wildman–Crippen MR) is 64.0 cm³/mol. The van der Waals surface area contributed by atoms with Crippen LogP contribution in [0.1, 0.15) is 28.6 Å². The monoisotopic (exact) mass is 213 g/mol. The predicted octanol–water partition coefficient (Wildman–Crippen LogP) is 2.14. The summed E-state index contributed by atoms with van der Waals surface area (Å²) in [6.45, 7) is 4.13. The Balaban J connectivity index is 2.38. The minimum Gasteiger partial charge on any atom is -0.318 e. The first-order valence-electron chi connectivity index (χ1n) is 5.28. The molecule has 1 heterocycles. The van der Waals surface area contributed by atoms with Crippen LogP contribution >= 0.6 is 0 Å². The van der Waals surface area contributed by atoms with Gasteiger partial charge in [0.2, 0.25) is 0 Å². The molecule has 1 atom stereocenters. The van der Waals surface area contributed by atoms with Crippen molar-refractivity contribution in [3.8, 4) is 0 Å². The summed E-state index contributed by atoms with van der Waals surface area (Å²) in [5.74, 6) is 0.662. The van der Waals surface area contributed by atoms with E-state index in [1.54, 1.807) is 18.5 Å². The van der Waals surface area contributed by atoms with Crippen LogP contribution in [0.4, 0.5) is 0 Å². The molecular formula is C13H15N3. The van der Waals surface area contributed by atoms with Gasteiger partial charge in [0.25, 0.3) is 0 Å². The minimum atomic E-state index is -0.248. The number of aryl methyl sites for hydroxylation is 2. The van der Waals surface area contributed by atoms with Crippen LogP contribution in [0.25, 0.3) is 0 Å². The number of nitrogens with zero attached hydrogens (tertiary/aromatic N) is 2. The standard InChI is InChI=1S/C13H15N3/c1-9-4-5-11(10(2)8-9)12(14)13-15-6-3-7-16-13/h3-8,12H,14H2,1-2H3. The molecule has 0 aliphatic rings. The fraction of sp³-hybridized carbons (Fsp3) is 0.231. The number of hydrogen-bond acceptors (Lipinski definition) is 3. The molecule has 0 aliphatic heterocycles. The third kappa shape index (κ3) is 2.09. The lowest BCUT2D eigenvalue weighted by atomic mass is 9.99. The summed E-state index contributed by atoms with van der Waals surface area (Å²) >= 11 is 0. The maximum atomic E-state index is 6.14. The van der Waals surface area contributed by atoms with Gasteiger partial charge in [0.1, 0.15) is 5.82 Å². The lowest BCUT2D eigenvalue weighted by molar-refractivity contribution is 0.774. The van der Waals surface area contributed by atoms with Crippen LogP contribution in [0.2, 0.25) is 0 Å². The van der Waals surface area contributed by atoms with Crippen molar-refractivity contribution in [2.24, 2.45) is 5.73 Å². The van der Waals surface area contributed by atoms with E-state index in [1.807, 2.05) is 6.07 Å². The Kier molecular flexibility index (Phi) is 2.97. The summed E-state index contributed by atoms with van der Waals surface area (Å²) < 4.78 is 0. The lowest BCUT2D eigenvalue weighted by Crippen LogP contribution is -2.16. The number of benzene rings is 1. The molecule has 0 radical (unpaired) electrons. The van der Waals surface area contributed by atoms with Crippen LogP contribution in [0.5, 0.6) is 0 Å². The average molecular weight is 213 g/mol. The van der Waals surface area contributed by atoms with Crippen molar-refractivity contribution in [3.63, 3.8) is 0 Å². The zero-order valence-corrected chi connectivity index (χ0v) is 9.51. The highest BCUT2D eigenvalue weighted by molar-refractivity contribution is 5.35. The molecule has 0 saturated heterocycles. The normalized spacial score (nSPS) is 12.4. The Bertz CT molecular complexity index is 480. The van der Waals surface area contributed by atoms with Crippen molar-refractivity contribution < 1.29 is 0 Å². The van der Waals surface area contributed by atoms with Crippen molar-refractivity contribution in [2.75, 3.05) is 0 Å². The molecule has 0 saturated carbocycles. The highest BCUT2D eigenvalue weighted by Crippen LogP contribution is 2.20. The van der Waals surface area contributed by atoms with Crippen molar-refractivity contribution >= 4 is 0 Å². The van der Waals surface area contributed by atoms with Crippen LogP contribution in [0, 0.1) is 13.8 Å². The topological polar surface area (TPSA) is 51.8 Å². The first-order chi connectivity index (χ1) is 7.68. The molecule has 0 amide bonds. The van der Waals surface area contributed by atoms with E-state index in [1.165, 1.54) is 11.1 Å². The number of rotatable bonds is 2. The highest BCUT2D eigenvalue weighted by atomic mass is 14.9. The smallest absolute Gasteiger partial charge is 0.149 e. The van der Waals surface area contributed by atoms with Gasteiger partial charge in [-0.25, -0.2) is 9.97 Å². The molecule has 16 heavy (non-hydrogen) atoms. The minimum absolute atomic E-state index is 0.248. The maximum absolute atomic E-state index is 6.14. The van der Waals surface area contributed by atoms with Gasteiger partial charge in [-0.1, -0.05) is 23.8 Å². The van der Waals surface area contributed by atoms with Gasteiger partial charge in [-0.05, 0) is 31.0 Å². The van der Waals surface area contributed by atoms with E-state index in [-0.39, 0.29) is 6.04 Å². The summed E-state index contributed by atoms with van der Waals surface area (Å²) in [7, 11) is 0. The largest absolute Gasteiger partial charge is 0.318 e.